The number of amides is 2. The van der Waals surface area contributed by atoms with Gasteiger partial charge in [0.15, 0.2) is 0 Å². The van der Waals surface area contributed by atoms with E-state index in [9.17, 15) is 23.2 Å². The van der Waals surface area contributed by atoms with Crippen LogP contribution in [0.25, 0.3) is 0 Å². The number of anilines is 2. The minimum Gasteiger partial charge on any atom is -0.465 e. The zero-order valence-corrected chi connectivity index (χ0v) is 14.3. The molecule has 1 aliphatic carbocycles. The second-order valence-electron chi connectivity index (χ2n) is 6.06. The van der Waals surface area contributed by atoms with Crippen molar-refractivity contribution < 1.29 is 27.9 Å². The first kappa shape index (κ1) is 18.5. The maximum absolute atomic E-state index is 13.6. The highest BCUT2D eigenvalue weighted by molar-refractivity contribution is 6.06. The Bertz CT molecular complexity index is 896. The minimum absolute atomic E-state index is 0.184. The maximum atomic E-state index is 13.6. The van der Waals surface area contributed by atoms with Crippen molar-refractivity contribution in [1.82, 2.24) is 0 Å². The van der Waals surface area contributed by atoms with Crippen molar-refractivity contribution in [1.29, 1.82) is 0 Å². The Balaban J connectivity index is 1.64. The Morgan fingerprint density at radius 3 is 2.15 bits per heavy atom. The molecule has 27 heavy (non-hydrogen) atoms. The summed E-state index contributed by atoms with van der Waals surface area (Å²) in [7, 11) is 1.23. The number of rotatable bonds is 5. The van der Waals surface area contributed by atoms with Crippen molar-refractivity contribution in [2.45, 2.75) is 6.42 Å². The van der Waals surface area contributed by atoms with Crippen LogP contribution < -0.4 is 10.6 Å². The molecule has 1 saturated carbocycles. The highest BCUT2D eigenvalue weighted by Gasteiger charge is 2.48. The molecule has 2 unspecified atom stereocenters. The number of carbonyl (C=O) groups is 3. The van der Waals surface area contributed by atoms with Gasteiger partial charge in [0.25, 0.3) is 0 Å². The van der Waals surface area contributed by atoms with Crippen LogP contribution in [0.4, 0.5) is 20.2 Å². The van der Waals surface area contributed by atoms with E-state index in [-0.39, 0.29) is 17.7 Å². The van der Waals surface area contributed by atoms with Crippen LogP contribution in [0.1, 0.15) is 16.8 Å². The number of hydrogen-bond donors (Lipinski definition) is 2. The fraction of sp³-hybridized carbons (Fsp3) is 0.211. The molecule has 0 aliphatic heterocycles. The van der Waals surface area contributed by atoms with Crippen LogP contribution in [0.15, 0.2) is 42.5 Å². The summed E-state index contributed by atoms with van der Waals surface area (Å²) in [5.74, 6) is -4.83. The summed E-state index contributed by atoms with van der Waals surface area (Å²) in [6.45, 7) is 0. The fourth-order valence-corrected chi connectivity index (χ4v) is 2.71. The van der Waals surface area contributed by atoms with E-state index in [1.165, 1.54) is 25.3 Å². The van der Waals surface area contributed by atoms with Gasteiger partial charge in [0, 0.05) is 0 Å². The third-order valence-electron chi connectivity index (χ3n) is 4.27. The van der Waals surface area contributed by atoms with Gasteiger partial charge in [-0.25, -0.2) is 13.6 Å². The summed E-state index contributed by atoms with van der Waals surface area (Å²) >= 11 is 0. The number of para-hydroxylation sites is 2. The van der Waals surface area contributed by atoms with Crippen molar-refractivity contribution in [2.75, 3.05) is 17.7 Å². The number of nitrogens with one attached hydrogen (secondary N) is 2. The van der Waals surface area contributed by atoms with Crippen LogP contribution in [-0.4, -0.2) is 24.9 Å². The third-order valence-corrected chi connectivity index (χ3v) is 4.27. The Hall–Kier alpha value is -3.29. The molecule has 2 N–H and O–H groups in total. The summed E-state index contributed by atoms with van der Waals surface area (Å²) in [5, 5.41) is 4.78. The van der Waals surface area contributed by atoms with Crippen molar-refractivity contribution >= 4 is 29.2 Å². The van der Waals surface area contributed by atoms with Gasteiger partial charge in [0.2, 0.25) is 11.8 Å². The summed E-state index contributed by atoms with van der Waals surface area (Å²) < 4.78 is 31.9. The van der Waals surface area contributed by atoms with E-state index in [1.807, 2.05) is 0 Å². The quantitative estimate of drug-likeness (QED) is 0.788. The predicted octanol–water partition coefficient (Wildman–Crippen LogP) is 2.96. The lowest BCUT2D eigenvalue weighted by molar-refractivity contribution is -0.122. The van der Waals surface area contributed by atoms with E-state index in [0.717, 1.165) is 12.1 Å². The fourth-order valence-electron chi connectivity index (χ4n) is 2.71. The number of ether oxygens (including phenoxy) is 1. The molecular weight excluding hydrogens is 358 g/mol. The number of hydrogen-bond acceptors (Lipinski definition) is 4. The molecule has 0 bridgehead atoms. The number of halogens is 2. The second kappa shape index (κ2) is 7.53. The molecule has 1 fully saturated rings. The van der Waals surface area contributed by atoms with Crippen LogP contribution >= 0.6 is 0 Å². The van der Waals surface area contributed by atoms with Crippen molar-refractivity contribution in [3.05, 3.63) is 59.7 Å². The van der Waals surface area contributed by atoms with Gasteiger partial charge in [0.05, 0.1) is 30.2 Å². The van der Waals surface area contributed by atoms with Crippen molar-refractivity contribution in [2.24, 2.45) is 11.8 Å². The van der Waals surface area contributed by atoms with Gasteiger partial charge in [-0.2, -0.15) is 0 Å². The molecule has 2 amide bonds. The monoisotopic (exact) mass is 374 g/mol. The molecule has 0 heterocycles. The van der Waals surface area contributed by atoms with E-state index in [2.05, 4.69) is 15.4 Å². The van der Waals surface area contributed by atoms with Gasteiger partial charge >= 0.3 is 5.97 Å². The number of benzene rings is 2. The smallest absolute Gasteiger partial charge is 0.339 e. The van der Waals surface area contributed by atoms with Gasteiger partial charge in [-0.05, 0) is 30.7 Å². The molecule has 8 heteroatoms. The highest BCUT2D eigenvalue weighted by atomic mass is 19.1. The largest absolute Gasteiger partial charge is 0.465 e. The van der Waals surface area contributed by atoms with Gasteiger partial charge in [0.1, 0.15) is 17.3 Å². The first-order valence-corrected chi connectivity index (χ1v) is 8.15. The predicted molar refractivity (Wildman–Crippen MR) is 93.0 cm³/mol. The molecule has 2 aromatic carbocycles. The van der Waals surface area contributed by atoms with Crippen LogP contribution in [0.3, 0.4) is 0 Å². The Morgan fingerprint density at radius 1 is 0.926 bits per heavy atom. The molecule has 2 atom stereocenters. The zero-order chi connectivity index (χ0) is 19.6. The first-order valence-electron chi connectivity index (χ1n) is 8.15. The summed E-state index contributed by atoms with van der Waals surface area (Å²) in [6, 6.07) is 9.54. The Labute approximate surface area is 153 Å². The van der Waals surface area contributed by atoms with E-state index in [4.69, 9.17) is 0 Å². The average Bonchev–Trinajstić information content (AvgIpc) is 3.45. The molecule has 1 aliphatic rings. The van der Waals surface area contributed by atoms with Crippen LogP contribution in [0, 0.1) is 23.5 Å². The maximum Gasteiger partial charge on any atom is 0.339 e. The molecular formula is C19H16F2N2O4. The van der Waals surface area contributed by atoms with Crippen LogP contribution in [0.5, 0.6) is 0 Å². The molecule has 0 radical (unpaired) electrons. The molecule has 140 valence electrons. The van der Waals surface area contributed by atoms with Gasteiger partial charge in [-0.1, -0.05) is 18.2 Å². The normalized spacial score (nSPS) is 17.7. The van der Waals surface area contributed by atoms with E-state index < -0.39 is 46.9 Å². The zero-order valence-electron chi connectivity index (χ0n) is 14.3. The van der Waals surface area contributed by atoms with Crippen molar-refractivity contribution in [3.63, 3.8) is 0 Å². The lowest BCUT2D eigenvalue weighted by Gasteiger charge is -2.10. The lowest BCUT2D eigenvalue weighted by atomic mass is 10.1. The third kappa shape index (κ3) is 3.94. The summed E-state index contributed by atoms with van der Waals surface area (Å²) in [5.41, 5.74) is -0.0893. The minimum atomic E-state index is -0.892. The molecule has 0 saturated heterocycles. The highest BCUT2D eigenvalue weighted by Crippen LogP contribution is 2.40. The standard InChI is InChI=1S/C19H16F2N2O4/c1-27-19(26)10-5-2-3-8-15(10)22-17(24)11-9-12(11)18(25)23-16-13(20)6-4-7-14(16)21/h2-8,11-12H,9H2,1H3,(H,22,24)(H,23,25). The Kier molecular flexibility index (Phi) is 5.16. The molecule has 0 aromatic heterocycles. The number of carbonyl (C=O) groups excluding carboxylic acids is 3. The number of esters is 1. The second-order valence-corrected chi connectivity index (χ2v) is 6.06. The molecule has 0 spiro atoms. The lowest BCUT2D eigenvalue weighted by Crippen LogP contribution is -2.22. The van der Waals surface area contributed by atoms with Crippen LogP contribution in [0.2, 0.25) is 0 Å². The van der Waals surface area contributed by atoms with E-state index in [1.54, 1.807) is 12.1 Å². The summed E-state index contributed by atoms with van der Waals surface area (Å²) in [6.07, 6.45) is 0.244. The molecule has 2 aromatic rings. The van der Waals surface area contributed by atoms with Gasteiger partial charge < -0.3 is 15.4 Å². The first-order chi connectivity index (χ1) is 12.9. The van der Waals surface area contributed by atoms with Crippen molar-refractivity contribution in [3.8, 4) is 0 Å². The van der Waals surface area contributed by atoms with Gasteiger partial charge in [-0.15, -0.1) is 0 Å². The SMILES string of the molecule is COC(=O)c1ccccc1NC(=O)C1CC1C(=O)Nc1c(F)cccc1F. The van der Waals surface area contributed by atoms with Gasteiger partial charge in [-0.3, -0.25) is 9.59 Å². The van der Waals surface area contributed by atoms with E-state index in [0.29, 0.717) is 0 Å². The molecule has 6 nitrogen and oxygen atoms in total. The average molecular weight is 374 g/mol. The van der Waals surface area contributed by atoms with Crippen LogP contribution in [-0.2, 0) is 14.3 Å². The van der Waals surface area contributed by atoms with E-state index >= 15 is 0 Å². The number of methoxy groups -OCH3 is 1. The molecule has 3 rings (SSSR count). The topological polar surface area (TPSA) is 84.5 Å². The Morgan fingerprint density at radius 2 is 1.52 bits per heavy atom. The summed E-state index contributed by atoms with van der Waals surface area (Å²) in [4.78, 5) is 36.2.